The number of nitrogens with zero attached hydrogens (tertiary/aromatic N) is 2. The summed E-state index contributed by atoms with van der Waals surface area (Å²) in [6.45, 7) is 8.72. The Hall–Kier alpha value is -10.1. The Morgan fingerprint density at radius 3 is 1.38 bits per heavy atom. The number of carbonyl (C=O) groups excluding carboxylic acids is 14. The summed E-state index contributed by atoms with van der Waals surface area (Å²) in [6.07, 6.45) is 7.42. The number of unbranched alkanes of at least 4 members (excludes halogenated alkanes) is 1. The third-order valence-corrected chi connectivity index (χ3v) is 20.7. The minimum atomic E-state index is -1.79. The van der Waals surface area contributed by atoms with Gasteiger partial charge in [-0.1, -0.05) is 60.1 Å². The number of aliphatic imine (C=N–C) groups is 1. The van der Waals surface area contributed by atoms with Crippen LogP contribution in [0.5, 0.6) is 5.75 Å². The summed E-state index contributed by atoms with van der Waals surface area (Å²) in [7, 11) is 0. The lowest BCUT2D eigenvalue weighted by atomic mass is 9.97. The molecular formula is C76H127N21O21S3. The number of guanidine groups is 1. The zero-order valence-electron chi connectivity index (χ0n) is 70.2. The normalized spacial score (nSPS) is 14.9. The minimum Gasteiger partial charge on any atom is -0.508 e. The van der Waals surface area contributed by atoms with Crippen LogP contribution in [0.3, 0.4) is 0 Å². The highest BCUT2D eigenvalue weighted by molar-refractivity contribution is 7.99. The predicted molar refractivity (Wildman–Crippen MR) is 455 cm³/mol. The maximum absolute atomic E-state index is 14.8. The number of benzene rings is 1. The van der Waals surface area contributed by atoms with E-state index in [9.17, 15) is 102 Å². The van der Waals surface area contributed by atoms with Crippen molar-refractivity contribution in [2.24, 2.45) is 45.7 Å². The third kappa shape index (κ3) is 41.8. The molecule has 14 amide bonds. The van der Waals surface area contributed by atoms with E-state index in [1.54, 1.807) is 54.1 Å². The lowest BCUT2D eigenvalue weighted by molar-refractivity contribution is -0.143. The highest BCUT2D eigenvalue weighted by Crippen LogP contribution is 2.17. The predicted octanol–water partition coefficient (Wildman–Crippen LogP) is -4.82. The first-order valence-electron chi connectivity index (χ1n) is 39.9. The molecule has 0 bridgehead atoms. The summed E-state index contributed by atoms with van der Waals surface area (Å²) >= 11 is 4.19. The van der Waals surface area contributed by atoms with Gasteiger partial charge in [-0.3, -0.25) is 76.9 Å². The Labute approximate surface area is 716 Å². The number of carboxylic acid groups (broad SMARTS) is 2. The molecule has 45 heteroatoms. The number of carbonyl (C=O) groups is 16. The Bertz CT molecular complexity index is 3700. The molecule has 0 aliphatic heterocycles. The molecule has 0 fully saturated rings. The summed E-state index contributed by atoms with van der Waals surface area (Å²) in [5.74, 6) is -16.1. The number of aliphatic hydroxyl groups excluding tert-OH is 2. The molecule has 2 aromatic rings. The summed E-state index contributed by atoms with van der Waals surface area (Å²) in [6, 6.07) is -14.7. The standard InChI is InChI=1S/C76H127N21O21S3/c1-11-42(6)61(74(116)90-50(21-22-60(102)103)67(109)96-58(38-99)73(115)94-56(75(117)118)32-41(4)5)97-59(101)36-83-64(106)55(34-45-35-81-39-84-45)91-62(104)43(7)85-65(107)48(15-12-13-26-77)87-69(111)52(25-30-121-10)89-70(112)53(31-40(2)3)92-71(113)54(33-44-17-19-46(100)20-18-44)93-72(114)57(37-98)95-66(108)49(16-14-27-82-76(79)80)88-68(110)51(24-29-120-9)86-63(105)47(78)23-28-119-8/h17-20,35,39-43,47-58,61,98-100H,11-16,21-34,36-38,77-78H2,1-10H3,(H,81,84)(H,83,106)(H,85,107)(H,86,105)(H,87,111)(H,88,110)(H,89,112)(H,90,116)(H,91,104)(H,92,113)(H,93,114)(H,94,115)(H,95,108)(H,96,109)(H,97,101)(H,102,103)(H,117,118)(H4,79,80,82)/t42-,43-,47-,48-,49-,50-,51-,52-,53-,54-,55-,56-,57-,58-,61-/m0/s1. The smallest absolute Gasteiger partial charge is 0.326 e. The van der Waals surface area contributed by atoms with Crippen molar-refractivity contribution in [1.82, 2.24) is 84.4 Å². The zero-order valence-corrected chi connectivity index (χ0v) is 72.7. The minimum absolute atomic E-state index is 0.00517. The number of phenols is 1. The van der Waals surface area contributed by atoms with E-state index in [0.29, 0.717) is 35.6 Å². The molecule has 15 atom stereocenters. The number of aromatic hydroxyl groups is 1. The van der Waals surface area contributed by atoms with Crippen LogP contribution in [0.25, 0.3) is 0 Å². The number of rotatable bonds is 61. The molecule has 121 heavy (non-hydrogen) atoms. The fraction of sp³-hybridized carbons (Fsp3) is 0.658. The number of aliphatic hydroxyl groups is 2. The maximum Gasteiger partial charge on any atom is 0.326 e. The number of aromatic nitrogens is 2. The van der Waals surface area contributed by atoms with Crippen LogP contribution in [0.2, 0.25) is 0 Å². The van der Waals surface area contributed by atoms with Crippen LogP contribution in [0.15, 0.2) is 41.8 Å². The van der Waals surface area contributed by atoms with Gasteiger partial charge in [0.05, 0.1) is 32.1 Å². The largest absolute Gasteiger partial charge is 0.508 e. The van der Waals surface area contributed by atoms with Crippen molar-refractivity contribution in [3.8, 4) is 5.75 Å². The van der Waals surface area contributed by atoms with Crippen molar-refractivity contribution in [2.45, 2.75) is 229 Å². The van der Waals surface area contributed by atoms with Crippen molar-refractivity contribution in [2.75, 3.05) is 68.9 Å². The van der Waals surface area contributed by atoms with E-state index >= 15 is 0 Å². The summed E-state index contributed by atoms with van der Waals surface area (Å²) < 4.78 is 0. The third-order valence-electron chi connectivity index (χ3n) is 18.8. The molecule has 0 unspecified atom stereocenters. The van der Waals surface area contributed by atoms with E-state index in [1.165, 1.54) is 79.0 Å². The molecule has 0 saturated carbocycles. The Morgan fingerprint density at radius 1 is 0.479 bits per heavy atom. The van der Waals surface area contributed by atoms with Gasteiger partial charge in [-0.25, -0.2) is 9.78 Å². The van der Waals surface area contributed by atoms with E-state index < -0.39 is 218 Å². The van der Waals surface area contributed by atoms with E-state index in [2.05, 4.69) is 89.4 Å². The molecule has 1 aromatic heterocycles. The molecule has 1 aromatic carbocycles. The Balaban J connectivity index is 2.45. The molecule has 0 spiro atoms. The van der Waals surface area contributed by atoms with Gasteiger partial charge in [-0.2, -0.15) is 35.3 Å². The van der Waals surface area contributed by atoms with Crippen LogP contribution in [-0.2, 0) is 89.6 Å². The number of thioether (sulfide) groups is 3. The van der Waals surface area contributed by atoms with Gasteiger partial charge in [-0.15, -0.1) is 0 Å². The number of H-pyrrole nitrogens is 1. The Kier molecular flexibility index (Phi) is 51.3. The number of aromatic amines is 1. The molecule has 0 radical (unpaired) electrons. The second kappa shape index (κ2) is 58.0. The van der Waals surface area contributed by atoms with Crippen molar-refractivity contribution in [1.29, 1.82) is 0 Å². The first-order valence-corrected chi connectivity index (χ1v) is 44.1. The van der Waals surface area contributed by atoms with Gasteiger partial charge in [0, 0.05) is 37.7 Å². The second-order valence-corrected chi connectivity index (χ2v) is 32.7. The molecule has 1 heterocycles. The maximum atomic E-state index is 14.8. The van der Waals surface area contributed by atoms with Gasteiger partial charge in [0.2, 0.25) is 82.7 Å². The van der Waals surface area contributed by atoms with Crippen molar-refractivity contribution >= 4 is 136 Å². The first-order chi connectivity index (χ1) is 57.3. The van der Waals surface area contributed by atoms with Crippen molar-refractivity contribution < 1.29 is 102 Å². The number of phenolic OH excluding ortho intramolecular Hbond substituents is 1. The van der Waals surface area contributed by atoms with Gasteiger partial charge in [0.1, 0.15) is 84.3 Å². The average molecular weight is 1770 g/mol. The highest BCUT2D eigenvalue weighted by Gasteiger charge is 2.38. The number of nitrogens with two attached hydrogens (primary N) is 4. The van der Waals surface area contributed by atoms with Crippen LogP contribution in [0.4, 0.5) is 0 Å². The number of imidazole rings is 1. The quantitative estimate of drug-likeness (QED) is 0.0168. The Morgan fingerprint density at radius 2 is 0.901 bits per heavy atom. The van der Waals surface area contributed by atoms with E-state index in [0.717, 1.165) is 0 Å². The van der Waals surface area contributed by atoms with Crippen LogP contribution in [0.1, 0.15) is 143 Å². The van der Waals surface area contributed by atoms with Gasteiger partial charge in [0.15, 0.2) is 5.96 Å². The molecule has 0 saturated heterocycles. The number of hydrogen-bond donors (Lipinski definition) is 24. The van der Waals surface area contributed by atoms with Gasteiger partial charge in [-0.05, 0) is 156 Å². The summed E-state index contributed by atoms with van der Waals surface area (Å²) in [5, 5.41) is 85.3. The van der Waals surface area contributed by atoms with Gasteiger partial charge < -0.3 is 128 Å². The van der Waals surface area contributed by atoms with Gasteiger partial charge >= 0.3 is 11.9 Å². The topological polar surface area (TPSA) is 688 Å². The lowest BCUT2D eigenvalue weighted by Gasteiger charge is -2.28. The van der Waals surface area contributed by atoms with E-state index in [4.69, 9.17) is 22.9 Å². The molecular weight excluding hydrogens is 1640 g/mol. The summed E-state index contributed by atoms with van der Waals surface area (Å²) in [4.78, 5) is 231. The van der Waals surface area contributed by atoms with Crippen LogP contribution in [-0.4, -0.2) is 290 Å². The average Bonchev–Trinajstić information content (AvgIpc) is 1.39. The summed E-state index contributed by atoms with van der Waals surface area (Å²) in [5.41, 5.74) is 23.7. The lowest BCUT2D eigenvalue weighted by Crippen LogP contribution is -2.61. The van der Waals surface area contributed by atoms with Crippen LogP contribution >= 0.6 is 35.3 Å². The molecule has 0 aliphatic rings. The molecule has 2 rings (SSSR count). The number of hydrogen-bond acceptors (Lipinski definition) is 26. The molecule has 42 nitrogen and oxygen atoms in total. The van der Waals surface area contributed by atoms with Crippen LogP contribution in [0, 0.1) is 17.8 Å². The SMILES string of the molecule is CC[C@H](C)[C@H](NC(=O)CNC(=O)[C@H](Cc1cnc[nH]1)NC(=O)[C@H](C)NC(=O)[C@H](CCCCN)NC(=O)[C@H](CCSC)NC(=O)[C@H](CC(C)C)NC(=O)[C@H](Cc1ccc(O)cc1)NC(=O)[C@H](CO)NC(=O)[C@H](CCCN=C(N)N)NC(=O)[C@H](CCSC)NC(=O)[C@@H](N)CCSC)C(=O)N[C@@H](CCC(=O)O)C(=O)N[C@@H](CO)C(=O)N[C@@H](CC(C)C)C(=O)O. The first kappa shape index (κ1) is 107. The highest BCUT2D eigenvalue weighted by atomic mass is 32.2. The second-order valence-electron chi connectivity index (χ2n) is 29.8. The molecule has 28 N–H and O–H groups in total. The number of aliphatic carboxylic acids is 2. The molecule has 0 aliphatic carbocycles. The van der Waals surface area contributed by atoms with E-state index in [-0.39, 0.29) is 113 Å². The fourth-order valence-electron chi connectivity index (χ4n) is 11.8. The fourth-order valence-corrected chi connectivity index (χ4v) is 13.2. The van der Waals surface area contributed by atoms with E-state index in [1.807, 2.05) is 6.26 Å². The number of amides is 14. The van der Waals surface area contributed by atoms with Crippen LogP contribution < -0.4 is 97.4 Å². The monoisotopic (exact) mass is 1770 g/mol. The number of nitrogens with one attached hydrogen (secondary N) is 15. The molecule has 680 valence electrons. The zero-order chi connectivity index (χ0) is 91.0. The van der Waals surface area contributed by atoms with Crippen molar-refractivity contribution in [3.05, 3.63) is 48.0 Å². The van der Waals surface area contributed by atoms with Crippen molar-refractivity contribution in [3.63, 3.8) is 0 Å². The van der Waals surface area contributed by atoms with Gasteiger partial charge in [0.25, 0.3) is 0 Å². The number of carboxylic acids is 2.